The smallest absolute Gasteiger partial charge is 0.138 e. The average molecular weight is 626 g/mol. The number of aromatic nitrogens is 2. The van der Waals surface area contributed by atoms with E-state index in [0.29, 0.717) is 0 Å². The molecule has 2 heterocycles. The first kappa shape index (κ1) is 27.6. The van der Waals surface area contributed by atoms with Crippen molar-refractivity contribution in [1.29, 1.82) is 0 Å². The molecule has 0 saturated heterocycles. The zero-order chi connectivity index (χ0) is 32.4. The van der Waals surface area contributed by atoms with E-state index in [0.717, 1.165) is 39.6 Å². The predicted molar refractivity (Wildman–Crippen MR) is 200 cm³/mol. The van der Waals surface area contributed by atoms with E-state index >= 15 is 0 Å². The molecule has 2 aliphatic rings. The number of nitrogens with zero attached hydrogens (tertiary/aromatic N) is 2. The van der Waals surface area contributed by atoms with Gasteiger partial charge in [0.15, 0.2) is 0 Å². The third kappa shape index (κ3) is 3.93. The summed E-state index contributed by atoms with van der Waals surface area (Å²) in [6.07, 6.45) is 0. The Bertz CT molecular complexity index is 2450. The van der Waals surface area contributed by atoms with Gasteiger partial charge in [-0.15, -0.1) is 0 Å². The van der Waals surface area contributed by atoms with E-state index in [1.54, 1.807) is 0 Å². The summed E-state index contributed by atoms with van der Waals surface area (Å²) in [5.41, 5.74) is 15.9. The van der Waals surface area contributed by atoms with Gasteiger partial charge in [-0.1, -0.05) is 158 Å². The zero-order valence-corrected chi connectivity index (χ0v) is 26.7. The topological polar surface area (TPSA) is 31.9 Å². The lowest BCUT2D eigenvalue weighted by Crippen LogP contribution is -2.36. The summed E-state index contributed by atoms with van der Waals surface area (Å²) in [4.78, 5) is 11.5. The average Bonchev–Trinajstić information content (AvgIpc) is 3.75. The maximum Gasteiger partial charge on any atom is 0.138 e. The van der Waals surface area contributed by atoms with E-state index in [9.17, 15) is 0 Å². The molecule has 230 valence electrons. The van der Waals surface area contributed by atoms with Gasteiger partial charge >= 0.3 is 0 Å². The van der Waals surface area contributed by atoms with Crippen LogP contribution in [0.15, 0.2) is 182 Å². The van der Waals surface area contributed by atoms with Crippen molar-refractivity contribution in [2.24, 2.45) is 0 Å². The van der Waals surface area contributed by atoms with Gasteiger partial charge in [-0.25, -0.2) is 4.98 Å². The number of H-pyrrole nitrogens is 1. The van der Waals surface area contributed by atoms with Crippen molar-refractivity contribution in [3.8, 4) is 45.0 Å². The molecule has 8 aromatic rings. The van der Waals surface area contributed by atoms with Crippen LogP contribution in [0.3, 0.4) is 0 Å². The Labute approximate surface area is 285 Å². The van der Waals surface area contributed by atoms with E-state index in [-0.39, 0.29) is 0 Å². The number of para-hydroxylation sites is 3. The SMILES string of the molecule is c1ccc(-c2nc(-c3cccc4c3-c3ccccc3C43c4ccccc4N(c4ccccc4)c4ccccc43)c(-c3ccccc3)[nH]2)cc1. The maximum atomic E-state index is 5.39. The zero-order valence-electron chi connectivity index (χ0n) is 26.7. The number of hydrogen-bond acceptors (Lipinski definition) is 2. The normalized spacial score (nSPS) is 13.4. The van der Waals surface area contributed by atoms with Gasteiger partial charge < -0.3 is 9.88 Å². The van der Waals surface area contributed by atoms with Gasteiger partial charge in [0.2, 0.25) is 0 Å². The molecular formula is C46H31N3. The fourth-order valence-corrected chi connectivity index (χ4v) is 8.32. The highest BCUT2D eigenvalue weighted by Crippen LogP contribution is 2.64. The lowest BCUT2D eigenvalue weighted by Gasteiger charge is -2.45. The van der Waals surface area contributed by atoms with Gasteiger partial charge in [0.1, 0.15) is 5.82 Å². The van der Waals surface area contributed by atoms with E-state index in [1.807, 2.05) is 6.07 Å². The lowest BCUT2D eigenvalue weighted by molar-refractivity contribution is 0.753. The quantitative estimate of drug-likeness (QED) is 0.211. The number of nitrogens with one attached hydrogen (secondary N) is 1. The minimum absolute atomic E-state index is 0.522. The van der Waals surface area contributed by atoms with Gasteiger partial charge in [0.05, 0.1) is 28.2 Å². The van der Waals surface area contributed by atoms with Crippen molar-refractivity contribution in [3.63, 3.8) is 0 Å². The third-order valence-corrected chi connectivity index (χ3v) is 10.2. The number of fused-ring (bicyclic) bond motifs is 9. The van der Waals surface area contributed by atoms with Crippen LogP contribution in [0.1, 0.15) is 22.3 Å². The van der Waals surface area contributed by atoms with E-state index in [4.69, 9.17) is 4.98 Å². The summed E-state index contributed by atoms with van der Waals surface area (Å²) in [5.74, 6) is 0.861. The number of benzene rings is 7. The van der Waals surface area contributed by atoms with Gasteiger partial charge in [0, 0.05) is 22.4 Å². The Morgan fingerprint density at radius 3 is 1.61 bits per heavy atom. The number of hydrogen-bond donors (Lipinski definition) is 1. The summed E-state index contributed by atoms with van der Waals surface area (Å²) in [5, 5.41) is 0. The summed E-state index contributed by atoms with van der Waals surface area (Å²) < 4.78 is 0. The molecule has 7 aromatic carbocycles. The second-order valence-corrected chi connectivity index (χ2v) is 12.8. The fourth-order valence-electron chi connectivity index (χ4n) is 8.32. The van der Waals surface area contributed by atoms with Crippen LogP contribution in [0.25, 0.3) is 45.0 Å². The molecule has 0 bridgehead atoms. The number of anilines is 3. The molecule has 1 N–H and O–H groups in total. The van der Waals surface area contributed by atoms with Crippen LogP contribution in [-0.2, 0) is 5.41 Å². The van der Waals surface area contributed by atoms with Crippen LogP contribution < -0.4 is 4.90 Å². The molecule has 1 spiro atoms. The number of aromatic amines is 1. The van der Waals surface area contributed by atoms with Crippen molar-refractivity contribution in [2.45, 2.75) is 5.41 Å². The van der Waals surface area contributed by atoms with Crippen LogP contribution in [0.4, 0.5) is 17.1 Å². The van der Waals surface area contributed by atoms with Crippen molar-refractivity contribution >= 4 is 17.1 Å². The van der Waals surface area contributed by atoms with Crippen LogP contribution >= 0.6 is 0 Å². The second-order valence-electron chi connectivity index (χ2n) is 12.8. The molecule has 3 nitrogen and oxygen atoms in total. The van der Waals surface area contributed by atoms with Crippen molar-refractivity contribution in [2.75, 3.05) is 4.90 Å². The van der Waals surface area contributed by atoms with E-state index in [2.05, 4.69) is 186 Å². The highest BCUT2D eigenvalue weighted by Gasteiger charge is 2.52. The summed E-state index contributed by atoms with van der Waals surface area (Å²) >= 11 is 0. The predicted octanol–water partition coefficient (Wildman–Crippen LogP) is 11.6. The molecule has 0 radical (unpaired) electrons. The lowest BCUT2D eigenvalue weighted by atomic mass is 9.64. The van der Waals surface area contributed by atoms with Gasteiger partial charge in [-0.05, 0) is 57.6 Å². The standard InChI is InChI=1S/C46H31N3/c1-4-17-31(18-5-1)43-44(48-45(47-43)32-19-6-2-7-20-32)35-24-16-28-39-42(35)34-23-10-11-25-36(34)46(39)37-26-12-14-29-40(37)49(33-21-8-3-9-22-33)41-30-15-13-27-38(41)46/h1-30H,(H,47,48). The molecule has 0 fully saturated rings. The Morgan fingerprint density at radius 2 is 0.939 bits per heavy atom. The molecule has 0 amide bonds. The minimum Gasteiger partial charge on any atom is -0.337 e. The molecule has 0 atom stereocenters. The largest absolute Gasteiger partial charge is 0.337 e. The molecule has 10 rings (SSSR count). The first-order chi connectivity index (χ1) is 24.3. The first-order valence-electron chi connectivity index (χ1n) is 16.8. The van der Waals surface area contributed by atoms with Crippen molar-refractivity contribution in [3.05, 3.63) is 204 Å². The summed E-state index contributed by atoms with van der Waals surface area (Å²) in [7, 11) is 0. The fraction of sp³-hybridized carbons (Fsp3) is 0.0217. The van der Waals surface area contributed by atoms with E-state index in [1.165, 1.54) is 44.8 Å². The monoisotopic (exact) mass is 625 g/mol. The summed E-state index contributed by atoms with van der Waals surface area (Å²) in [6.45, 7) is 0. The van der Waals surface area contributed by atoms with E-state index < -0.39 is 5.41 Å². The third-order valence-electron chi connectivity index (χ3n) is 10.2. The van der Waals surface area contributed by atoms with Crippen LogP contribution in [0.2, 0.25) is 0 Å². The Kier molecular flexibility index (Phi) is 6.09. The molecule has 49 heavy (non-hydrogen) atoms. The molecule has 1 aliphatic carbocycles. The second kappa shape index (κ2) is 10.8. The first-order valence-corrected chi connectivity index (χ1v) is 16.8. The van der Waals surface area contributed by atoms with Crippen LogP contribution in [0.5, 0.6) is 0 Å². The molecule has 1 aromatic heterocycles. The Morgan fingerprint density at radius 1 is 0.429 bits per heavy atom. The molecule has 3 heteroatoms. The van der Waals surface area contributed by atoms with Crippen molar-refractivity contribution < 1.29 is 0 Å². The van der Waals surface area contributed by atoms with Gasteiger partial charge in [-0.3, -0.25) is 0 Å². The highest BCUT2D eigenvalue weighted by atomic mass is 15.2. The molecule has 0 saturated carbocycles. The van der Waals surface area contributed by atoms with Crippen molar-refractivity contribution in [1.82, 2.24) is 9.97 Å². The molecule has 0 unspecified atom stereocenters. The van der Waals surface area contributed by atoms with Crippen LogP contribution in [-0.4, -0.2) is 9.97 Å². The van der Waals surface area contributed by atoms with Gasteiger partial charge in [-0.2, -0.15) is 0 Å². The molecule has 1 aliphatic heterocycles. The minimum atomic E-state index is -0.522. The number of imidazole rings is 1. The number of rotatable bonds is 4. The summed E-state index contributed by atoms with van der Waals surface area (Å²) in [6, 6.07) is 65.5. The molecular weight excluding hydrogens is 595 g/mol. The highest BCUT2D eigenvalue weighted by molar-refractivity contribution is 6.01. The van der Waals surface area contributed by atoms with Gasteiger partial charge in [0.25, 0.3) is 0 Å². The Balaban J connectivity index is 1.30. The maximum absolute atomic E-state index is 5.39. The van der Waals surface area contributed by atoms with Crippen LogP contribution in [0, 0.1) is 0 Å². The Hall–Kier alpha value is -6.45.